The second-order valence-corrected chi connectivity index (χ2v) is 5.55. The normalized spacial score (nSPS) is 14.5. The highest BCUT2D eigenvalue weighted by atomic mass is 16.3. The zero-order chi connectivity index (χ0) is 13.9. The largest absolute Gasteiger partial charge is 0.464 e. The Morgan fingerprint density at radius 1 is 1.35 bits per heavy atom. The van der Waals surface area contributed by atoms with E-state index in [1.165, 1.54) is 29.8 Å². The highest BCUT2D eigenvalue weighted by Gasteiger charge is 2.16. The van der Waals surface area contributed by atoms with Crippen molar-refractivity contribution in [3.05, 3.63) is 40.9 Å². The van der Waals surface area contributed by atoms with Gasteiger partial charge in [-0.1, -0.05) is 6.92 Å². The molecule has 0 fully saturated rings. The first kappa shape index (κ1) is 13.4. The molecule has 0 atom stereocenters. The molecule has 0 unspecified atom stereocenters. The summed E-state index contributed by atoms with van der Waals surface area (Å²) < 4.78 is 8.14. The number of hydrogen-bond donors (Lipinski definition) is 1. The number of hydrogen-bond acceptors (Lipinski definition) is 3. The fourth-order valence-corrected chi connectivity index (χ4v) is 2.94. The maximum absolute atomic E-state index is 5.89. The maximum atomic E-state index is 5.89. The van der Waals surface area contributed by atoms with Crippen molar-refractivity contribution >= 4 is 0 Å². The highest BCUT2D eigenvalue weighted by molar-refractivity contribution is 5.22. The lowest BCUT2D eigenvalue weighted by Crippen LogP contribution is -2.11. The average molecular weight is 273 g/mol. The molecule has 2 aromatic rings. The first-order chi connectivity index (χ1) is 9.78. The van der Waals surface area contributed by atoms with Gasteiger partial charge < -0.3 is 14.3 Å². The number of imidazole rings is 1. The Morgan fingerprint density at radius 3 is 3.05 bits per heavy atom. The van der Waals surface area contributed by atoms with E-state index in [9.17, 15) is 0 Å². The molecule has 0 amide bonds. The molecular weight excluding hydrogens is 250 g/mol. The summed E-state index contributed by atoms with van der Waals surface area (Å²) in [6.45, 7) is 6.83. The van der Waals surface area contributed by atoms with Crippen LogP contribution < -0.4 is 5.32 Å². The standard InChI is InChI=1S/C16H23N3O/c1-3-17-9-13-8-14(20-12(13)2)10-19-11-18-15-6-4-5-7-16(15)19/h8,11,17H,3-7,9-10H2,1-2H3. The van der Waals surface area contributed by atoms with Crippen LogP contribution in [0, 0.1) is 6.92 Å². The minimum atomic E-state index is 0.801. The quantitative estimate of drug-likeness (QED) is 0.911. The van der Waals surface area contributed by atoms with E-state index in [4.69, 9.17) is 4.42 Å². The molecule has 1 aliphatic rings. The number of aromatic nitrogens is 2. The van der Waals surface area contributed by atoms with Crippen molar-refractivity contribution in [3.63, 3.8) is 0 Å². The molecule has 0 spiro atoms. The molecule has 0 aromatic carbocycles. The van der Waals surface area contributed by atoms with Crippen molar-refractivity contribution in [2.24, 2.45) is 0 Å². The highest BCUT2D eigenvalue weighted by Crippen LogP contribution is 2.22. The van der Waals surface area contributed by atoms with Crippen LogP contribution in [0.25, 0.3) is 0 Å². The van der Waals surface area contributed by atoms with Gasteiger partial charge in [0.2, 0.25) is 0 Å². The summed E-state index contributed by atoms with van der Waals surface area (Å²) in [5.74, 6) is 2.05. The van der Waals surface area contributed by atoms with Crippen molar-refractivity contribution < 1.29 is 4.42 Å². The molecule has 0 aliphatic heterocycles. The monoisotopic (exact) mass is 273 g/mol. The fraction of sp³-hybridized carbons (Fsp3) is 0.562. The van der Waals surface area contributed by atoms with E-state index in [0.29, 0.717) is 0 Å². The Morgan fingerprint density at radius 2 is 2.20 bits per heavy atom. The van der Waals surface area contributed by atoms with Gasteiger partial charge in [-0.25, -0.2) is 4.98 Å². The van der Waals surface area contributed by atoms with E-state index in [2.05, 4.69) is 27.9 Å². The summed E-state index contributed by atoms with van der Waals surface area (Å²) in [4.78, 5) is 4.54. The van der Waals surface area contributed by atoms with E-state index in [0.717, 1.165) is 44.0 Å². The third-order valence-electron chi connectivity index (χ3n) is 4.07. The van der Waals surface area contributed by atoms with Gasteiger partial charge in [-0.15, -0.1) is 0 Å². The van der Waals surface area contributed by atoms with Gasteiger partial charge in [-0.05, 0) is 45.2 Å². The fourth-order valence-electron chi connectivity index (χ4n) is 2.94. The van der Waals surface area contributed by atoms with Crippen LogP contribution in [0.5, 0.6) is 0 Å². The third-order valence-corrected chi connectivity index (χ3v) is 4.07. The van der Waals surface area contributed by atoms with Crippen molar-refractivity contribution in [2.45, 2.75) is 52.6 Å². The van der Waals surface area contributed by atoms with E-state index in [1.807, 2.05) is 13.3 Å². The van der Waals surface area contributed by atoms with Crippen molar-refractivity contribution in [2.75, 3.05) is 6.54 Å². The van der Waals surface area contributed by atoms with Crippen LogP contribution in [0.15, 0.2) is 16.8 Å². The third kappa shape index (κ3) is 2.66. The minimum Gasteiger partial charge on any atom is -0.464 e. The second kappa shape index (κ2) is 5.83. The van der Waals surface area contributed by atoms with Gasteiger partial charge in [0.15, 0.2) is 0 Å². The number of nitrogens with one attached hydrogen (secondary N) is 1. The number of rotatable bonds is 5. The molecule has 4 heteroatoms. The predicted molar refractivity (Wildman–Crippen MR) is 78.8 cm³/mol. The molecule has 4 nitrogen and oxygen atoms in total. The van der Waals surface area contributed by atoms with Crippen LogP contribution in [-0.4, -0.2) is 16.1 Å². The SMILES string of the molecule is CCNCc1cc(Cn2cnc3c2CCCC3)oc1C. The minimum absolute atomic E-state index is 0.801. The lowest BCUT2D eigenvalue weighted by molar-refractivity contribution is 0.462. The lowest BCUT2D eigenvalue weighted by atomic mass is 10.0. The maximum Gasteiger partial charge on any atom is 0.124 e. The molecule has 1 aliphatic carbocycles. The Hall–Kier alpha value is -1.55. The smallest absolute Gasteiger partial charge is 0.124 e. The summed E-state index contributed by atoms with van der Waals surface area (Å²) in [6.07, 6.45) is 6.81. The molecule has 20 heavy (non-hydrogen) atoms. The molecule has 2 heterocycles. The first-order valence-corrected chi connectivity index (χ1v) is 7.59. The van der Waals surface area contributed by atoms with Crippen LogP contribution in [0.4, 0.5) is 0 Å². The molecule has 1 N–H and O–H groups in total. The van der Waals surface area contributed by atoms with Gasteiger partial charge in [-0.2, -0.15) is 0 Å². The number of furan rings is 1. The molecule has 108 valence electrons. The van der Waals surface area contributed by atoms with Crippen LogP contribution in [-0.2, 0) is 25.9 Å². The topological polar surface area (TPSA) is 43.0 Å². The molecule has 3 rings (SSSR count). The van der Waals surface area contributed by atoms with Crippen LogP contribution in [0.1, 0.15) is 48.2 Å². The van der Waals surface area contributed by atoms with E-state index < -0.39 is 0 Å². The van der Waals surface area contributed by atoms with E-state index in [1.54, 1.807) is 0 Å². The summed E-state index contributed by atoms with van der Waals surface area (Å²) in [7, 11) is 0. The summed E-state index contributed by atoms with van der Waals surface area (Å²) >= 11 is 0. The molecule has 0 saturated carbocycles. The van der Waals surface area contributed by atoms with Crippen molar-refractivity contribution in [1.29, 1.82) is 0 Å². The zero-order valence-corrected chi connectivity index (χ0v) is 12.4. The predicted octanol–water partition coefficient (Wildman–Crippen LogP) is 2.82. The summed E-state index contributed by atoms with van der Waals surface area (Å²) in [5.41, 5.74) is 3.95. The van der Waals surface area contributed by atoms with Gasteiger partial charge in [0, 0.05) is 17.8 Å². The molecule has 0 saturated heterocycles. The van der Waals surface area contributed by atoms with E-state index >= 15 is 0 Å². The Labute approximate surface area is 120 Å². The summed E-state index contributed by atoms with van der Waals surface area (Å²) in [6, 6.07) is 2.17. The van der Waals surface area contributed by atoms with E-state index in [-0.39, 0.29) is 0 Å². The number of aryl methyl sites for hydroxylation is 2. The van der Waals surface area contributed by atoms with Crippen LogP contribution >= 0.6 is 0 Å². The van der Waals surface area contributed by atoms with Gasteiger partial charge in [0.1, 0.15) is 11.5 Å². The average Bonchev–Trinajstić information content (AvgIpc) is 3.01. The van der Waals surface area contributed by atoms with Gasteiger partial charge in [-0.3, -0.25) is 0 Å². The number of nitrogens with zero attached hydrogens (tertiary/aromatic N) is 2. The van der Waals surface area contributed by atoms with Gasteiger partial charge >= 0.3 is 0 Å². The lowest BCUT2D eigenvalue weighted by Gasteiger charge is -2.13. The van der Waals surface area contributed by atoms with Gasteiger partial charge in [0.25, 0.3) is 0 Å². The van der Waals surface area contributed by atoms with Crippen LogP contribution in [0.2, 0.25) is 0 Å². The molecular formula is C16H23N3O. The summed E-state index contributed by atoms with van der Waals surface area (Å²) in [5, 5.41) is 3.35. The van der Waals surface area contributed by atoms with Crippen molar-refractivity contribution in [1.82, 2.24) is 14.9 Å². The van der Waals surface area contributed by atoms with Crippen molar-refractivity contribution in [3.8, 4) is 0 Å². The van der Waals surface area contributed by atoms with Gasteiger partial charge in [0.05, 0.1) is 18.6 Å². The Balaban J connectivity index is 1.76. The number of fused-ring (bicyclic) bond motifs is 1. The molecule has 2 aromatic heterocycles. The Bertz CT molecular complexity index is 583. The molecule has 0 bridgehead atoms. The van der Waals surface area contributed by atoms with Crippen LogP contribution in [0.3, 0.4) is 0 Å². The second-order valence-electron chi connectivity index (χ2n) is 5.55. The first-order valence-electron chi connectivity index (χ1n) is 7.59. The molecule has 0 radical (unpaired) electrons. The Kier molecular flexibility index (Phi) is 3.92. The zero-order valence-electron chi connectivity index (χ0n) is 12.4.